The van der Waals surface area contributed by atoms with Crippen LogP contribution in [0.2, 0.25) is 0 Å². The topological polar surface area (TPSA) is 65.3 Å². The number of anilines is 2. The Labute approximate surface area is 139 Å². The minimum Gasteiger partial charge on any atom is -0.271 e. The number of imide groups is 1. The number of hydrogen-bond donors (Lipinski definition) is 0. The first-order chi connectivity index (χ1) is 11.6. The number of carbonyl (C=O) groups excluding carboxylic acids is 2. The van der Waals surface area contributed by atoms with E-state index in [4.69, 9.17) is 0 Å². The van der Waals surface area contributed by atoms with Crippen molar-refractivity contribution >= 4 is 23.2 Å². The predicted octanol–water partition coefficient (Wildman–Crippen LogP) is 2.80. The van der Waals surface area contributed by atoms with Gasteiger partial charge >= 0.3 is 0 Å². The minimum atomic E-state index is -0.778. The Hall–Kier alpha value is -3.02. The molecule has 0 saturated carbocycles. The molecule has 6 heteroatoms. The van der Waals surface area contributed by atoms with E-state index in [2.05, 4.69) is 10.3 Å². The minimum absolute atomic E-state index is 0.292. The van der Waals surface area contributed by atoms with Crippen molar-refractivity contribution in [3.05, 3.63) is 59.7 Å². The van der Waals surface area contributed by atoms with E-state index < -0.39 is 12.1 Å². The Kier molecular flexibility index (Phi) is 3.19. The molecule has 0 N–H and O–H groups in total. The van der Waals surface area contributed by atoms with Gasteiger partial charge in [0.1, 0.15) is 0 Å². The molecule has 24 heavy (non-hydrogen) atoms. The van der Waals surface area contributed by atoms with Crippen LogP contribution < -0.4 is 9.91 Å². The lowest BCUT2D eigenvalue weighted by atomic mass is 10.1. The molecule has 2 aliphatic rings. The maximum atomic E-state index is 12.9. The maximum absolute atomic E-state index is 12.9. The molecule has 1 saturated heterocycles. The summed E-state index contributed by atoms with van der Waals surface area (Å²) in [6.07, 6.45) is 0. The van der Waals surface area contributed by atoms with E-state index in [0.717, 1.165) is 16.8 Å². The number of benzene rings is 2. The third-order valence-electron chi connectivity index (χ3n) is 4.55. The fourth-order valence-electron chi connectivity index (χ4n) is 3.07. The molecule has 0 aliphatic carbocycles. The summed E-state index contributed by atoms with van der Waals surface area (Å²) in [5.41, 5.74) is 3.59. The first kappa shape index (κ1) is 14.6. The molecule has 2 aromatic carbocycles. The molecular weight excluding hydrogens is 304 g/mol. The third kappa shape index (κ3) is 2.03. The summed E-state index contributed by atoms with van der Waals surface area (Å²) in [4.78, 5) is 26.7. The molecule has 0 radical (unpaired) electrons. The largest absolute Gasteiger partial charge is 0.271 e. The van der Waals surface area contributed by atoms with Gasteiger partial charge in [0.15, 0.2) is 12.1 Å². The van der Waals surface area contributed by atoms with Crippen molar-refractivity contribution < 1.29 is 9.59 Å². The molecule has 1 fully saturated rings. The first-order valence-electron chi connectivity index (χ1n) is 7.78. The third-order valence-corrected chi connectivity index (χ3v) is 4.55. The molecule has 4 rings (SSSR count). The fraction of sp³-hybridized carbons (Fsp3) is 0.222. The van der Waals surface area contributed by atoms with E-state index in [1.54, 1.807) is 29.3 Å². The summed E-state index contributed by atoms with van der Waals surface area (Å²) in [7, 11) is 0. The Morgan fingerprint density at radius 1 is 0.875 bits per heavy atom. The zero-order chi connectivity index (χ0) is 16.8. The molecule has 2 aliphatic heterocycles. The Morgan fingerprint density at radius 3 is 2.33 bits per heavy atom. The van der Waals surface area contributed by atoms with Crippen LogP contribution in [-0.4, -0.2) is 23.9 Å². The van der Waals surface area contributed by atoms with Gasteiger partial charge in [-0.1, -0.05) is 29.5 Å². The fourth-order valence-corrected chi connectivity index (χ4v) is 3.07. The lowest BCUT2D eigenvalue weighted by Crippen LogP contribution is -2.39. The Balaban J connectivity index is 1.71. The van der Waals surface area contributed by atoms with Crippen molar-refractivity contribution in [3.8, 4) is 0 Å². The van der Waals surface area contributed by atoms with Crippen LogP contribution in [-0.2, 0) is 9.59 Å². The number of rotatable bonds is 2. The van der Waals surface area contributed by atoms with E-state index >= 15 is 0 Å². The monoisotopic (exact) mass is 320 g/mol. The number of hydrogen-bond acceptors (Lipinski definition) is 5. The van der Waals surface area contributed by atoms with E-state index in [-0.39, 0.29) is 11.8 Å². The van der Waals surface area contributed by atoms with Crippen LogP contribution in [0.15, 0.2) is 58.9 Å². The second kappa shape index (κ2) is 5.26. The van der Waals surface area contributed by atoms with Gasteiger partial charge in [0.25, 0.3) is 11.8 Å². The average molecular weight is 320 g/mol. The number of aryl methyl sites for hydroxylation is 2. The van der Waals surface area contributed by atoms with Gasteiger partial charge in [-0.2, -0.15) is 5.11 Å². The highest BCUT2D eigenvalue weighted by molar-refractivity contribution is 6.26. The molecular formula is C18H16N4O2. The number of nitrogens with zero attached hydrogens (tertiary/aromatic N) is 4. The van der Waals surface area contributed by atoms with Gasteiger partial charge in [-0.05, 0) is 49.2 Å². The summed E-state index contributed by atoms with van der Waals surface area (Å²) in [6.45, 7) is 4.02. The van der Waals surface area contributed by atoms with Gasteiger partial charge in [0.2, 0.25) is 0 Å². The summed E-state index contributed by atoms with van der Waals surface area (Å²) in [6, 6.07) is 13.3. The molecule has 2 aromatic rings. The number of amides is 2. The first-order valence-corrected chi connectivity index (χ1v) is 7.78. The second-order valence-corrected chi connectivity index (χ2v) is 6.06. The lowest BCUT2D eigenvalue weighted by molar-refractivity contribution is -0.121. The number of para-hydroxylation sites is 1. The highest BCUT2D eigenvalue weighted by atomic mass is 16.2. The average Bonchev–Trinajstić information content (AvgIpc) is 3.12. The standard InChI is InChI=1S/C18H16N4O2/c1-11-8-9-14(10-12(11)2)22-16-15(19-20-22)17(23)21(18(16)24)13-6-4-3-5-7-13/h3-10,15-16H,1-2H3/t15-,16-/m1/s1. The molecule has 0 aromatic heterocycles. The lowest BCUT2D eigenvalue weighted by Gasteiger charge is -2.21. The summed E-state index contributed by atoms with van der Waals surface area (Å²) < 4.78 is 0. The number of fused-ring (bicyclic) bond motifs is 1. The quantitative estimate of drug-likeness (QED) is 0.799. The predicted molar refractivity (Wildman–Crippen MR) is 89.8 cm³/mol. The molecule has 120 valence electrons. The molecule has 2 heterocycles. The van der Waals surface area contributed by atoms with Crippen LogP contribution in [0.25, 0.3) is 0 Å². The van der Waals surface area contributed by atoms with Crippen molar-refractivity contribution in [3.63, 3.8) is 0 Å². The highest BCUT2D eigenvalue weighted by Gasteiger charge is 2.55. The second-order valence-electron chi connectivity index (χ2n) is 6.06. The van der Waals surface area contributed by atoms with Crippen molar-refractivity contribution in [1.29, 1.82) is 0 Å². The maximum Gasteiger partial charge on any atom is 0.263 e. The highest BCUT2D eigenvalue weighted by Crippen LogP contribution is 2.35. The van der Waals surface area contributed by atoms with Gasteiger partial charge in [0.05, 0.1) is 11.4 Å². The van der Waals surface area contributed by atoms with E-state index in [1.165, 1.54) is 4.90 Å². The van der Waals surface area contributed by atoms with Gasteiger partial charge in [0, 0.05) is 0 Å². The smallest absolute Gasteiger partial charge is 0.263 e. The van der Waals surface area contributed by atoms with Crippen molar-refractivity contribution in [1.82, 2.24) is 0 Å². The molecule has 0 bridgehead atoms. The van der Waals surface area contributed by atoms with Crippen LogP contribution in [0.3, 0.4) is 0 Å². The Bertz CT molecular complexity index is 863. The van der Waals surface area contributed by atoms with Gasteiger partial charge in [-0.25, -0.2) is 9.91 Å². The Morgan fingerprint density at radius 2 is 1.62 bits per heavy atom. The van der Waals surface area contributed by atoms with Crippen molar-refractivity contribution in [2.24, 2.45) is 10.3 Å². The summed E-state index contributed by atoms with van der Waals surface area (Å²) >= 11 is 0. The summed E-state index contributed by atoms with van der Waals surface area (Å²) in [5, 5.41) is 9.69. The van der Waals surface area contributed by atoms with Crippen LogP contribution in [0.4, 0.5) is 11.4 Å². The zero-order valence-electron chi connectivity index (χ0n) is 13.4. The van der Waals surface area contributed by atoms with E-state index in [9.17, 15) is 9.59 Å². The van der Waals surface area contributed by atoms with Gasteiger partial charge in [-0.3, -0.25) is 9.59 Å². The van der Waals surface area contributed by atoms with Gasteiger partial charge in [-0.15, -0.1) is 0 Å². The zero-order valence-corrected chi connectivity index (χ0v) is 13.4. The SMILES string of the molecule is Cc1ccc(N2N=N[C@H]3C(=O)N(c4ccccc4)C(=O)[C@@H]32)cc1C. The van der Waals surface area contributed by atoms with Crippen molar-refractivity contribution in [2.75, 3.05) is 9.91 Å². The molecule has 6 nitrogen and oxygen atoms in total. The van der Waals surface area contributed by atoms with E-state index in [1.807, 2.05) is 38.1 Å². The molecule has 2 amide bonds. The summed E-state index contributed by atoms with van der Waals surface area (Å²) in [5.74, 6) is -0.620. The molecule has 2 atom stereocenters. The number of carbonyl (C=O) groups is 2. The van der Waals surface area contributed by atoms with Crippen LogP contribution in [0.5, 0.6) is 0 Å². The van der Waals surface area contributed by atoms with Crippen molar-refractivity contribution in [2.45, 2.75) is 25.9 Å². The van der Waals surface area contributed by atoms with Gasteiger partial charge < -0.3 is 0 Å². The van der Waals surface area contributed by atoms with Crippen LogP contribution in [0.1, 0.15) is 11.1 Å². The van der Waals surface area contributed by atoms with Crippen LogP contribution in [0, 0.1) is 13.8 Å². The molecule has 0 spiro atoms. The molecule has 0 unspecified atom stereocenters. The van der Waals surface area contributed by atoms with Crippen LogP contribution >= 0.6 is 0 Å². The van der Waals surface area contributed by atoms with E-state index in [0.29, 0.717) is 5.69 Å². The normalized spacial score (nSPS) is 22.4.